The van der Waals surface area contributed by atoms with Crippen molar-refractivity contribution in [1.29, 1.82) is 0 Å². The number of likely N-dealkylation sites (N-methyl/N-ethyl adjacent to an activating group) is 1. The van der Waals surface area contributed by atoms with Crippen LogP contribution in [0.5, 0.6) is 0 Å². The number of aryl methyl sites for hydroxylation is 1. The summed E-state index contributed by atoms with van der Waals surface area (Å²) in [5.74, 6) is -0.426. The number of carbonyl (C=O) groups excluding carboxylic acids is 1. The van der Waals surface area contributed by atoms with Crippen molar-refractivity contribution in [3.8, 4) is 0 Å². The number of benzene rings is 1. The summed E-state index contributed by atoms with van der Waals surface area (Å²) < 4.78 is 43.4. The Bertz CT molecular complexity index is 868. The largest absolute Gasteiger partial charge is 0.337 e. The highest BCUT2D eigenvalue weighted by atomic mass is 32.2. The van der Waals surface area contributed by atoms with Gasteiger partial charge in [0.2, 0.25) is 21.8 Å². The molecule has 1 atom stereocenters. The highest BCUT2D eigenvalue weighted by molar-refractivity contribution is 7.92. The number of hydrogen-bond donors (Lipinski definition) is 0. The molecule has 1 aromatic carbocycles. The fourth-order valence-corrected chi connectivity index (χ4v) is 2.97. The van der Waals surface area contributed by atoms with Crippen LogP contribution in [0.25, 0.3) is 0 Å². The van der Waals surface area contributed by atoms with Gasteiger partial charge in [-0.15, -0.1) is 0 Å². The predicted molar refractivity (Wildman–Crippen MR) is 88.8 cm³/mol. The molecule has 2 aromatic rings. The van der Waals surface area contributed by atoms with Crippen molar-refractivity contribution in [2.45, 2.75) is 19.9 Å². The molecule has 1 heterocycles. The molecule has 0 N–H and O–H groups in total. The lowest BCUT2D eigenvalue weighted by molar-refractivity contribution is -0.130. The number of anilines is 1. The SMILES string of the molecule is Cc1noc([C@H](C)N(C)C(=O)CN(c2cccc(F)c2)S(C)(=O)=O)n1. The van der Waals surface area contributed by atoms with Crippen molar-refractivity contribution >= 4 is 21.6 Å². The fourth-order valence-electron chi connectivity index (χ4n) is 2.13. The molecule has 136 valence electrons. The van der Waals surface area contributed by atoms with E-state index in [1.54, 1.807) is 13.8 Å². The van der Waals surface area contributed by atoms with Crippen LogP contribution < -0.4 is 4.31 Å². The van der Waals surface area contributed by atoms with Crippen LogP contribution in [0.3, 0.4) is 0 Å². The van der Waals surface area contributed by atoms with Crippen LogP contribution in [0.4, 0.5) is 10.1 Å². The standard InChI is InChI=1S/C15H19FN4O4S/c1-10(15-17-11(2)18-24-15)19(3)14(21)9-20(25(4,22)23)13-7-5-6-12(16)8-13/h5-8,10H,9H2,1-4H3/t10-/m0/s1. The third-order valence-electron chi connectivity index (χ3n) is 3.65. The van der Waals surface area contributed by atoms with Gasteiger partial charge >= 0.3 is 0 Å². The maximum Gasteiger partial charge on any atom is 0.249 e. The van der Waals surface area contributed by atoms with Crippen LogP contribution in [-0.2, 0) is 14.8 Å². The van der Waals surface area contributed by atoms with Crippen LogP contribution in [0, 0.1) is 12.7 Å². The molecular formula is C15H19FN4O4S. The Hall–Kier alpha value is -2.49. The summed E-state index contributed by atoms with van der Waals surface area (Å²) in [5.41, 5.74) is 0.0746. The van der Waals surface area contributed by atoms with E-state index < -0.39 is 34.3 Å². The second-order valence-corrected chi connectivity index (χ2v) is 7.52. The number of hydrogen-bond acceptors (Lipinski definition) is 6. The van der Waals surface area contributed by atoms with Crippen LogP contribution in [0.1, 0.15) is 24.7 Å². The van der Waals surface area contributed by atoms with Gasteiger partial charge in [0.15, 0.2) is 5.82 Å². The fraction of sp³-hybridized carbons (Fsp3) is 0.400. The zero-order chi connectivity index (χ0) is 18.8. The first-order valence-corrected chi connectivity index (χ1v) is 9.23. The zero-order valence-corrected chi connectivity index (χ0v) is 15.1. The number of carbonyl (C=O) groups is 1. The van der Waals surface area contributed by atoms with E-state index in [9.17, 15) is 17.6 Å². The average molecular weight is 370 g/mol. The molecule has 0 saturated heterocycles. The first-order chi connectivity index (χ1) is 11.6. The Kier molecular flexibility index (Phi) is 5.41. The van der Waals surface area contributed by atoms with Gasteiger partial charge in [0, 0.05) is 7.05 Å². The minimum atomic E-state index is -3.78. The summed E-state index contributed by atoms with van der Waals surface area (Å²) in [6, 6.07) is 4.50. The third-order valence-corrected chi connectivity index (χ3v) is 4.79. The molecule has 1 amide bonds. The lowest BCUT2D eigenvalue weighted by atomic mass is 10.2. The first-order valence-electron chi connectivity index (χ1n) is 7.38. The molecule has 0 radical (unpaired) electrons. The smallest absolute Gasteiger partial charge is 0.249 e. The number of amides is 1. The van der Waals surface area contributed by atoms with Gasteiger partial charge < -0.3 is 9.42 Å². The number of halogens is 1. The zero-order valence-electron chi connectivity index (χ0n) is 14.3. The lowest BCUT2D eigenvalue weighted by Gasteiger charge is -2.27. The number of sulfonamides is 1. The van der Waals surface area contributed by atoms with E-state index in [0.717, 1.165) is 16.6 Å². The normalized spacial score (nSPS) is 12.7. The van der Waals surface area contributed by atoms with Crippen molar-refractivity contribution in [3.63, 3.8) is 0 Å². The van der Waals surface area contributed by atoms with Gasteiger partial charge in [-0.1, -0.05) is 11.2 Å². The summed E-state index contributed by atoms with van der Waals surface area (Å²) in [7, 11) is -2.28. The van der Waals surface area contributed by atoms with Crippen molar-refractivity contribution in [3.05, 3.63) is 41.8 Å². The molecule has 2 rings (SSSR count). The van der Waals surface area contributed by atoms with Crippen molar-refractivity contribution < 1.29 is 22.1 Å². The van der Waals surface area contributed by atoms with Crippen molar-refractivity contribution in [2.24, 2.45) is 0 Å². The highest BCUT2D eigenvalue weighted by Gasteiger charge is 2.27. The Balaban J connectivity index is 2.22. The number of rotatable bonds is 6. The minimum Gasteiger partial charge on any atom is -0.337 e. The van der Waals surface area contributed by atoms with Gasteiger partial charge in [0.1, 0.15) is 18.4 Å². The molecular weight excluding hydrogens is 351 g/mol. The summed E-state index contributed by atoms with van der Waals surface area (Å²) in [5, 5.41) is 3.66. The van der Waals surface area contributed by atoms with Gasteiger partial charge in [-0.05, 0) is 32.0 Å². The monoisotopic (exact) mass is 370 g/mol. The molecule has 0 aliphatic rings. The second kappa shape index (κ2) is 7.18. The Labute approximate surface area is 145 Å². The van der Waals surface area contributed by atoms with E-state index in [2.05, 4.69) is 10.1 Å². The van der Waals surface area contributed by atoms with E-state index in [-0.39, 0.29) is 11.6 Å². The number of aromatic nitrogens is 2. The summed E-state index contributed by atoms with van der Waals surface area (Å²) >= 11 is 0. The number of nitrogens with zero attached hydrogens (tertiary/aromatic N) is 4. The molecule has 0 fully saturated rings. The third kappa shape index (κ3) is 4.53. The van der Waals surface area contributed by atoms with Gasteiger partial charge in [-0.25, -0.2) is 12.8 Å². The summed E-state index contributed by atoms with van der Waals surface area (Å²) in [6.45, 7) is 2.85. The van der Waals surface area contributed by atoms with Crippen LogP contribution in [0.15, 0.2) is 28.8 Å². The molecule has 0 spiro atoms. The van der Waals surface area contributed by atoms with E-state index in [1.165, 1.54) is 30.1 Å². The van der Waals surface area contributed by atoms with Gasteiger partial charge in [-0.2, -0.15) is 4.98 Å². The topological polar surface area (TPSA) is 96.6 Å². The molecule has 0 aliphatic heterocycles. The Morgan fingerprint density at radius 3 is 2.60 bits per heavy atom. The minimum absolute atomic E-state index is 0.0746. The predicted octanol–water partition coefficient (Wildman–Crippen LogP) is 1.50. The Morgan fingerprint density at radius 1 is 1.40 bits per heavy atom. The van der Waals surface area contributed by atoms with E-state index in [1.807, 2.05) is 0 Å². The van der Waals surface area contributed by atoms with Crippen molar-refractivity contribution in [2.75, 3.05) is 24.2 Å². The van der Waals surface area contributed by atoms with Crippen LogP contribution in [-0.4, -0.2) is 49.2 Å². The van der Waals surface area contributed by atoms with E-state index in [4.69, 9.17) is 4.52 Å². The van der Waals surface area contributed by atoms with Crippen molar-refractivity contribution in [1.82, 2.24) is 15.0 Å². The summed E-state index contributed by atoms with van der Waals surface area (Å²) in [4.78, 5) is 17.9. The van der Waals surface area contributed by atoms with Crippen LogP contribution in [0.2, 0.25) is 0 Å². The summed E-state index contributed by atoms with van der Waals surface area (Å²) in [6.07, 6.45) is 0.954. The average Bonchev–Trinajstić information content (AvgIpc) is 2.96. The molecule has 25 heavy (non-hydrogen) atoms. The molecule has 0 aliphatic carbocycles. The Morgan fingerprint density at radius 2 is 2.08 bits per heavy atom. The van der Waals surface area contributed by atoms with Crippen LogP contribution >= 0.6 is 0 Å². The molecule has 0 bridgehead atoms. The highest BCUT2D eigenvalue weighted by Crippen LogP contribution is 2.21. The molecule has 1 aromatic heterocycles. The maximum atomic E-state index is 13.4. The molecule has 0 saturated carbocycles. The molecule has 0 unspecified atom stereocenters. The quantitative estimate of drug-likeness (QED) is 0.764. The van der Waals surface area contributed by atoms with Gasteiger partial charge in [0.05, 0.1) is 11.9 Å². The maximum absolute atomic E-state index is 13.4. The van der Waals surface area contributed by atoms with Gasteiger partial charge in [-0.3, -0.25) is 9.10 Å². The van der Waals surface area contributed by atoms with E-state index in [0.29, 0.717) is 5.82 Å². The molecule has 10 heteroatoms. The van der Waals surface area contributed by atoms with Gasteiger partial charge in [0.25, 0.3) is 0 Å². The second-order valence-electron chi connectivity index (χ2n) is 5.61. The lowest BCUT2D eigenvalue weighted by Crippen LogP contribution is -2.42. The first kappa shape index (κ1) is 18.8. The van der Waals surface area contributed by atoms with E-state index >= 15 is 0 Å². The molecule has 8 nitrogen and oxygen atoms in total.